The summed E-state index contributed by atoms with van der Waals surface area (Å²) >= 11 is 0. The van der Waals surface area contributed by atoms with Crippen LogP contribution in [0, 0.1) is 92.7 Å². The summed E-state index contributed by atoms with van der Waals surface area (Å²) in [6.45, 7) is 18.7. The van der Waals surface area contributed by atoms with E-state index in [-0.39, 0.29) is 54.4 Å². The minimum absolute atomic E-state index is 0.180. The third-order valence-corrected chi connectivity index (χ3v) is 21.5. The Hall–Kier alpha value is -0.790. The van der Waals surface area contributed by atoms with Crippen LogP contribution in [0.15, 0.2) is 23.3 Å². The fourth-order valence-corrected chi connectivity index (χ4v) is 18.2. The molecule has 8 aliphatic carbocycles. The van der Waals surface area contributed by atoms with E-state index in [1.807, 2.05) is 13.8 Å². The summed E-state index contributed by atoms with van der Waals surface area (Å²) in [5, 5.41) is 52.1. The molecule has 0 radical (unpaired) electrons. The van der Waals surface area contributed by atoms with Crippen molar-refractivity contribution in [2.24, 2.45) is 92.7 Å². The number of halogens is 1. The first-order chi connectivity index (χ1) is 28.4. The molecule has 8 saturated carbocycles. The van der Waals surface area contributed by atoms with Crippen LogP contribution in [-0.2, 0) is 0 Å². The summed E-state index contributed by atoms with van der Waals surface area (Å²) in [5.41, 5.74) is 3.22. The molecule has 0 aliphatic heterocycles. The zero-order valence-electron chi connectivity index (χ0n) is 39.6. The zero-order valence-corrected chi connectivity index (χ0v) is 39.6. The van der Waals surface area contributed by atoms with Crippen LogP contribution in [-0.4, -0.2) is 63.2 Å². The van der Waals surface area contributed by atoms with Crippen molar-refractivity contribution >= 4 is 0 Å². The van der Waals surface area contributed by atoms with Gasteiger partial charge in [-0.05, 0) is 241 Å². The average Bonchev–Trinajstić information content (AvgIpc) is 3.76. The second-order valence-corrected chi connectivity index (χ2v) is 24.4. The van der Waals surface area contributed by atoms with E-state index in [0.717, 1.165) is 117 Å². The molecular formula is C54H91FO5. The Morgan fingerprint density at radius 2 is 0.917 bits per heavy atom. The molecule has 0 amide bonds. The van der Waals surface area contributed by atoms with Crippen molar-refractivity contribution in [1.82, 2.24) is 0 Å². The van der Waals surface area contributed by atoms with Gasteiger partial charge in [0.1, 0.15) is 6.67 Å². The van der Waals surface area contributed by atoms with E-state index in [2.05, 4.69) is 53.7 Å². The lowest BCUT2D eigenvalue weighted by molar-refractivity contribution is -0.172. The molecule has 0 spiro atoms. The highest BCUT2D eigenvalue weighted by Crippen LogP contribution is 2.70. The predicted molar refractivity (Wildman–Crippen MR) is 243 cm³/mol. The maximum atomic E-state index is 12.8. The number of hydrogen-bond acceptors (Lipinski definition) is 5. The molecule has 20 atom stereocenters. The zero-order chi connectivity index (χ0) is 43.4. The highest BCUT2D eigenvalue weighted by Gasteiger charge is 2.64. The summed E-state index contributed by atoms with van der Waals surface area (Å²) in [5.74, 6) is 7.83. The van der Waals surface area contributed by atoms with Crippen molar-refractivity contribution in [3.63, 3.8) is 0 Å². The van der Waals surface area contributed by atoms with E-state index in [1.165, 1.54) is 64.2 Å². The molecule has 0 aromatic heterocycles. The van der Waals surface area contributed by atoms with Crippen LogP contribution in [0.2, 0.25) is 0 Å². The normalized spacial score (nSPS) is 49.8. The number of rotatable bonds is 10. The second-order valence-electron chi connectivity index (χ2n) is 24.4. The minimum atomic E-state index is -0.320. The number of alkyl halides is 1. The van der Waals surface area contributed by atoms with Gasteiger partial charge in [0.2, 0.25) is 0 Å². The Kier molecular flexibility index (Phi) is 14.6. The van der Waals surface area contributed by atoms with Gasteiger partial charge in [-0.15, -0.1) is 0 Å². The van der Waals surface area contributed by atoms with Gasteiger partial charge in [0, 0.05) is 0 Å². The molecule has 5 N–H and O–H groups in total. The standard InChI is InChI=1S/C27H45FO2.C27H46O3/c2*1-17(16-28)6-5-7-18(2)21-8-9-22-20-15-25(30)24-14-19(29)10-12-27(24,4)23(20)11-13-26(21,22)3/h6,18-25,29-30H,5,7-16H2,1-4H3;6,18-25,28-30H,5,7-16H2,1-4H3/b2*17-6+/t2*18?,19-,20?,21?,22?,23?,24?,25+,26?,27?/m11/s1. The van der Waals surface area contributed by atoms with Crippen molar-refractivity contribution < 1.29 is 29.9 Å². The molecule has 16 unspecified atom stereocenters. The van der Waals surface area contributed by atoms with Crippen molar-refractivity contribution in [2.45, 2.75) is 208 Å². The molecule has 60 heavy (non-hydrogen) atoms. The second kappa shape index (κ2) is 18.6. The quantitative estimate of drug-likeness (QED) is 0.141. The van der Waals surface area contributed by atoms with Gasteiger partial charge in [0.05, 0.1) is 31.0 Å². The summed E-state index contributed by atoms with van der Waals surface area (Å²) < 4.78 is 12.8. The lowest BCUT2D eigenvalue weighted by Crippen LogP contribution is -2.58. The van der Waals surface area contributed by atoms with E-state index in [4.69, 9.17) is 0 Å². The molecule has 0 heterocycles. The van der Waals surface area contributed by atoms with E-state index < -0.39 is 0 Å². The summed E-state index contributed by atoms with van der Waals surface area (Å²) in [6, 6.07) is 0. The fraction of sp³-hybridized carbons (Fsp3) is 0.926. The summed E-state index contributed by atoms with van der Waals surface area (Å²) in [4.78, 5) is 0. The number of aliphatic hydroxyl groups excluding tert-OH is 5. The first kappa shape index (κ1) is 47.2. The highest BCUT2D eigenvalue weighted by molar-refractivity contribution is 5.13. The Morgan fingerprint density at radius 3 is 1.32 bits per heavy atom. The van der Waals surface area contributed by atoms with E-state index in [9.17, 15) is 29.9 Å². The van der Waals surface area contributed by atoms with Gasteiger partial charge in [-0.2, -0.15) is 0 Å². The molecule has 8 rings (SSSR count). The Labute approximate surface area is 366 Å². The van der Waals surface area contributed by atoms with Gasteiger partial charge in [0.25, 0.3) is 0 Å². The summed E-state index contributed by atoms with van der Waals surface area (Å²) in [6.07, 6.45) is 26.1. The van der Waals surface area contributed by atoms with E-state index in [0.29, 0.717) is 34.5 Å². The van der Waals surface area contributed by atoms with E-state index in [1.54, 1.807) is 0 Å². The number of hydrogen-bond donors (Lipinski definition) is 5. The molecule has 0 saturated heterocycles. The van der Waals surface area contributed by atoms with Crippen molar-refractivity contribution in [3.05, 3.63) is 23.3 Å². The Morgan fingerprint density at radius 1 is 0.533 bits per heavy atom. The fourth-order valence-electron chi connectivity index (χ4n) is 18.2. The predicted octanol–water partition coefficient (Wildman–Crippen LogP) is 11.6. The van der Waals surface area contributed by atoms with Gasteiger partial charge in [-0.3, -0.25) is 0 Å². The molecule has 0 aromatic carbocycles. The third kappa shape index (κ3) is 8.57. The van der Waals surface area contributed by atoms with Gasteiger partial charge in [0.15, 0.2) is 0 Å². The van der Waals surface area contributed by atoms with Gasteiger partial charge >= 0.3 is 0 Å². The van der Waals surface area contributed by atoms with Crippen molar-refractivity contribution in [1.29, 1.82) is 0 Å². The molecule has 0 aromatic rings. The highest BCUT2D eigenvalue weighted by atomic mass is 19.1. The largest absolute Gasteiger partial charge is 0.393 e. The van der Waals surface area contributed by atoms with Crippen molar-refractivity contribution in [3.8, 4) is 0 Å². The molecule has 344 valence electrons. The van der Waals surface area contributed by atoms with Crippen molar-refractivity contribution in [2.75, 3.05) is 13.3 Å². The number of allylic oxidation sites excluding steroid dienone is 3. The van der Waals surface area contributed by atoms with Gasteiger partial charge in [-0.25, -0.2) is 4.39 Å². The van der Waals surface area contributed by atoms with Crippen LogP contribution in [0.4, 0.5) is 4.39 Å². The monoisotopic (exact) mass is 839 g/mol. The maximum Gasteiger partial charge on any atom is 0.110 e. The van der Waals surface area contributed by atoms with Crippen LogP contribution >= 0.6 is 0 Å². The number of fused-ring (bicyclic) bond motifs is 10. The maximum absolute atomic E-state index is 12.8. The van der Waals surface area contributed by atoms with Crippen LogP contribution < -0.4 is 0 Å². The lowest BCUT2D eigenvalue weighted by Gasteiger charge is -2.62. The molecular weight excluding hydrogens is 748 g/mol. The number of aliphatic hydroxyl groups is 5. The molecule has 8 aliphatic rings. The Bertz CT molecular complexity index is 1400. The lowest BCUT2D eigenvalue weighted by atomic mass is 9.43. The minimum Gasteiger partial charge on any atom is -0.393 e. The van der Waals surface area contributed by atoms with Crippen LogP contribution in [0.1, 0.15) is 184 Å². The SMILES string of the molecule is C/C(=C\CCC(C)C1CCC2C3C[C@H](O)C4C[C@H](O)CCC4(C)C3CCC12C)CF.C/C(=C\CCC(C)C1CCC2C3C[C@H](O)C4C[C@H](O)CCC4(C)C3CCC12C)CO. The van der Waals surface area contributed by atoms with Crippen LogP contribution in [0.3, 0.4) is 0 Å². The average molecular weight is 839 g/mol. The van der Waals surface area contributed by atoms with Gasteiger partial charge in [-0.1, -0.05) is 59.3 Å². The molecule has 0 bridgehead atoms. The van der Waals surface area contributed by atoms with Crippen LogP contribution in [0.25, 0.3) is 0 Å². The van der Waals surface area contributed by atoms with Crippen LogP contribution in [0.5, 0.6) is 0 Å². The molecule has 6 heteroatoms. The summed E-state index contributed by atoms with van der Waals surface area (Å²) in [7, 11) is 0. The first-order valence-electron chi connectivity index (χ1n) is 25.6. The molecule has 8 fully saturated rings. The topological polar surface area (TPSA) is 101 Å². The first-order valence-corrected chi connectivity index (χ1v) is 25.6. The third-order valence-electron chi connectivity index (χ3n) is 21.5. The Balaban J connectivity index is 0.000000181. The van der Waals surface area contributed by atoms with Gasteiger partial charge < -0.3 is 25.5 Å². The van der Waals surface area contributed by atoms with E-state index >= 15 is 0 Å². The smallest absolute Gasteiger partial charge is 0.110 e. The molecule has 5 nitrogen and oxygen atoms in total.